The van der Waals surface area contributed by atoms with Gasteiger partial charge in [-0.15, -0.1) is 0 Å². The number of anilines is 1. The highest BCUT2D eigenvalue weighted by atomic mass is 16.5. The van der Waals surface area contributed by atoms with Gasteiger partial charge in [-0.3, -0.25) is 9.69 Å². The maximum absolute atomic E-state index is 13.4. The first-order valence-electron chi connectivity index (χ1n) is 12.0. The smallest absolute Gasteiger partial charge is 0.261 e. The molecule has 0 unspecified atom stereocenters. The van der Waals surface area contributed by atoms with Crippen molar-refractivity contribution in [2.24, 2.45) is 0 Å². The summed E-state index contributed by atoms with van der Waals surface area (Å²) in [6, 6.07) is 6.22. The van der Waals surface area contributed by atoms with Crippen LogP contribution >= 0.6 is 0 Å². The lowest BCUT2D eigenvalue weighted by molar-refractivity contribution is 0.0756. The zero-order valence-electron chi connectivity index (χ0n) is 19.6. The fraction of sp³-hybridized carbons (Fsp3) is 0.560. The molecule has 1 saturated heterocycles. The van der Waals surface area contributed by atoms with Crippen molar-refractivity contribution in [1.82, 2.24) is 19.8 Å². The van der Waals surface area contributed by atoms with E-state index in [1.807, 2.05) is 17.2 Å². The van der Waals surface area contributed by atoms with Crippen LogP contribution in [0.15, 0.2) is 24.4 Å². The number of hydrogen-bond acceptors (Lipinski definition) is 7. The van der Waals surface area contributed by atoms with Gasteiger partial charge in [0.25, 0.3) is 5.91 Å². The summed E-state index contributed by atoms with van der Waals surface area (Å²) in [6.45, 7) is 5.37. The molecule has 0 spiro atoms. The van der Waals surface area contributed by atoms with E-state index in [-0.39, 0.29) is 5.91 Å². The minimum Gasteiger partial charge on any atom is -0.496 e. The molecule has 1 saturated carbocycles. The topological polar surface area (TPSA) is 71.0 Å². The van der Waals surface area contributed by atoms with Gasteiger partial charge < -0.3 is 19.3 Å². The highest BCUT2D eigenvalue weighted by Gasteiger charge is 2.30. The summed E-state index contributed by atoms with van der Waals surface area (Å²) in [5.41, 5.74) is 2.67. The molecule has 8 heteroatoms. The van der Waals surface area contributed by atoms with E-state index in [1.54, 1.807) is 26.4 Å². The van der Waals surface area contributed by atoms with Gasteiger partial charge >= 0.3 is 0 Å². The third-order valence-electron chi connectivity index (χ3n) is 7.33. The first kappa shape index (κ1) is 21.9. The summed E-state index contributed by atoms with van der Waals surface area (Å²) in [6.07, 6.45) is 7.51. The number of amides is 1. The third-order valence-corrected chi connectivity index (χ3v) is 7.33. The molecule has 5 rings (SSSR count). The van der Waals surface area contributed by atoms with Crippen molar-refractivity contribution in [3.63, 3.8) is 0 Å². The Morgan fingerprint density at radius 2 is 1.67 bits per heavy atom. The molecule has 0 bridgehead atoms. The highest BCUT2D eigenvalue weighted by molar-refractivity contribution is 5.99. The van der Waals surface area contributed by atoms with Crippen LogP contribution in [0.2, 0.25) is 0 Å². The summed E-state index contributed by atoms with van der Waals surface area (Å²) in [5, 5.41) is 0. The van der Waals surface area contributed by atoms with E-state index in [1.165, 1.54) is 19.3 Å². The van der Waals surface area contributed by atoms with Gasteiger partial charge in [-0.25, -0.2) is 9.97 Å². The molecule has 1 aliphatic carbocycles. The molecule has 0 atom stereocenters. The normalized spacial score (nSPS) is 19.5. The first-order valence-corrected chi connectivity index (χ1v) is 12.0. The number of benzene rings is 1. The Morgan fingerprint density at radius 3 is 2.30 bits per heavy atom. The van der Waals surface area contributed by atoms with Gasteiger partial charge in [0.2, 0.25) is 5.95 Å². The molecule has 33 heavy (non-hydrogen) atoms. The number of piperazine rings is 1. The summed E-state index contributed by atoms with van der Waals surface area (Å²) >= 11 is 0. The second-order valence-corrected chi connectivity index (χ2v) is 9.08. The summed E-state index contributed by atoms with van der Waals surface area (Å²) < 4.78 is 10.9. The van der Waals surface area contributed by atoms with Crippen molar-refractivity contribution in [3.8, 4) is 11.5 Å². The minimum atomic E-state index is -0.0718. The van der Waals surface area contributed by atoms with Crippen LogP contribution in [0.5, 0.6) is 11.5 Å². The van der Waals surface area contributed by atoms with E-state index in [2.05, 4.69) is 9.80 Å². The van der Waals surface area contributed by atoms with Crippen LogP contribution in [0.3, 0.4) is 0 Å². The van der Waals surface area contributed by atoms with Crippen LogP contribution in [0, 0.1) is 0 Å². The van der Waals surface area contributed by atoms with Crippen molar-refractivity contribution < 1.29 is 14.3 Å². The third kappa shape index (κ3) is 4.36. The number of fused-ring (bicyclic) bond motifs is 1. The first-order chi connectivity index (χ1) is 16.2. The zero-order valence-corrected chi connectivity index (χ0v) is 19.6. The maximum atomic E-state index is 13.4. The molecule has 0 N–H and O–H groups in total. The van der Waals surface area contributed by atoms with Gasteiger partial charge in [-0.05, 0) is 37.0 Å². The summed E-state index contributed by atoms with van der Waals surface area (Å²) in [5.74, 6) is 1.82. The van der Waals surface area contributed by atoms with Gasteiger partial charge in [0.15, 0.2) is 0 Å². The average molecular weight is 452 g/mol. The van der Waals surface area contributed by atoms with Crippen LogP contribution in [-0.4, -0.2) is 85.2 Å². The average Bonchev–Trinajstić information content (AvgIpc) is 3.04. The van der Waals surface area contributed by atoms with Crippen LogP contribution in [-0.2, 0) is 12.8 Å². The Labute approximate surface area is 195 Å². The molecular formula is C25H33N5O3. The molecule has 3 aliphatic rings. The van der Waals surface area contributed by atoms with Crippen molar-refractivity contribution in [2.45, 2.75) is 38.1 Å². The number of methoxy groups -OCH3 is 2. The van der Waals surface area contributed by atoms with Crippen LogP contribution in [0.1, 0.15) is 40.9 Å². The Bertz CT molecular complexity index is 979. The van der Waals surface area contributed by atoms with Crippen LogP contribution < -0.4 is 14.4 Å². The van der Waals surface area contributed by atoms with Crippen molar-refractivity contribution in [2.75, 3.05) is 58.4 Å². The largest absolute Gasteiger partial charge is 0.496 e. The molecule has 0 radical (unpaired) electrons. The monoisotopic (exact) mass is 451 g/mol. The number of hydrogen-bond donors (Lipinski definition) is 0. The fourth-order valence-corrected chi connectivity index (χ4v) is 5.08. The van der Waals surface area contributed by atoms with E-state index in [0.717, 1.165) is 62.3 Å². The molecule has 1 aromatic carbocycles. The predicted molar refractivity (Wildman–Crippen MR) is 126 cm³/mol. The minimum absolute atomic E-state index is 0.0718. The number of ether oxygens (including phenoxy) is 2. The van der Waals surface area contributed by atoms with E-state index < -0.39 is 0 Å². The van der Waals surface area contributed by atoms with Crippen LogP contribution in [0.25, 0.3) is 0 Å². The number of aromatic nitrogens is 2. The lowest BCUT2D eigenvalue weighted by Gasteiger charge is -2.43. The van der Waals surface area contributed by atoms with Gasteiger partial charge in [0.1, 0.15) is 17.1 Å². The molecule has 2 aliphatic heterocycles. The Kier molecular flexibility index (Phi) is 6.35. The molecular weight excluding hydrogens is 418 g/mol. The molecule has 8 nitrogen and oxygen atoms in total. The quantitative estimate of drug-likeness (QED) is 0.691. The predicted octanol–water partition coefficient (Wildman–Crippen LogP) is 2.41. The Morgan fingerprint density at radius 1 is 0.970 bits per heavy atom. The standard InChI is InChI=1S/C25H33N5O3/c1-32-21-7-4-8-22(33-2)23(21)24(31)29-11-9-18-17-26-25(27-20(18)10-12-29)30-15-13-28(14-16-30)19-5-3-6-19/h4,7-8,17,19H,3,5-6,9-16H2,1-2H3. The lowest BCUT2D eigenvalue weighted by atomic mass is 9.91. The van der Waals surface area contributed by atoms with E-state index in [9.17, 15) is 4.79 Å². The van der Waals surface area contributed by atoms with Crippen molar-refractivity contribution >= 4 is 11.9 Å². The molecule has 2 aromatic rings. The second-order valence-electron chi connectivity index (χ2n) is 9.08. The number of carbonyl (C=O) groups excluding carboxylic acids is 1. The molecule has 2 fully saturated rings. The van der Waals surface area contributed by atoms with E-state index in [0.29, 0.717) is 30.2 Å². The zero-order chi connectivity index (χ0) is 22.8. The van der Waals surface area contributed by atoms with Crippen molar-refractivity contribution in [3.05, 3.63) is 41.2 Å². The molecule has 3 heterocycles. The molecule has 1 amide bonds. The lowest BCUT2D eigenvalue weighted by Crippen LogP contribution is -2.52. The number of carbonyl (C=O) groups is 1. The number of nitrogens with zero attached hydrogens (tertiary/aromatic N) is 5. The Balaban J connectivity index is 1.27. The summed E-state index contributed by atoms with van der Waals surface area (Å²) in [7, 11) is 3.15. The summed E-state index contributed by atoms with van der Waals surface area (Å²) in [4.78, 5) is 29.9. The van der Waals surface area contributed by atoms with Gasteiger partial charge in [-0.1, -0.05) is 12.5 Å². The fourth-order valence-electron chi connectivity index (χ4n) is 5.08. The van der Waals surface area contributed by atoms with Crippen molar-refractivity contribution in [1.29, 1.82) is 0 Å². The highest BCUT2D eigenvalue weighted by Crippen LogP contribution is 2.30. The SMILES string of the molecule is COc1cccc(OC)c1C(=O)N1CCc2cnc(N3CCN(C4CCC4)CC3)nc2CC1. The van der Waals surface area contributed by atoms with Crippen LogP contribution in [0.4, 0.5) is 5.95 Å². The van der Waals surface area contributed by atoms with E-state index in [4.69, 9.17) is 19.4 Å². The second kappa shape index (κ2) is 9.55. The number of rotatable bonds is 5. The van der Waals surface area contributed by atoms with Gasteiger partial charge in [-0.2, -0.15) is 0 Å². The van der Waals surface area contributed by atoms with Gasteiger partial charge in [0, 0.05) is 57.9 Å². The van der Waals surface area contributed by atoms with Gasteiger partial charge in [0.05, 0.1) is 19.9 Å². The Hall–Kier alpha value is -2.87. The molecule has 1 aromatic heterocycles. The maximum Gasteiger partial charge on any atom is 0.261 e. The molecule has 176 valence electrons. The van der Waals surface area contributed by atoms with E-state index >= 15 is 0 Å².